The molecule has 2 atom stereocenters. The highest BCUT2D eigenvalue weighted by Crippen LogP contribution is 2.29. The van der Waals surface area contributed by atoms with E-state index in [1.807, 2.05) is 20.8 Å². The molecule has 0 aromatic carbocycles. The van der Waals surface area contributed by atoms with Crippen LogP contribution in [0.3, 0.4) is 0 Å². The third kappa shape index (κ3) is 3.84. The average Bonchev–Trinajstić information content (AvgIpc) is 2.45. The molecule has 1 fully saturated rings. The van der Waals surface area contributed by atoms with Crippen molar-refractivity contribution in [2.24, 2.45) is 17.6 Å². The zero-order valence-electron chi connectivity index (χ0n) is 13.4. The topological polar surface area (TPSA) is 72.9 Å². The van der Waals surface area contributed by atoms with Gasteiger partial charge in [-0.05, 0) is 52.0 Å². The largest absolute Gasteiger partial charge is 0.365 e. The van der Waals surface area contributed by atoms with Gasteiger partial charge in [0.15, 0.2) is 5.82 Å². The molecule has 5 heteroatoms. The van der Waals surface area contributed by atoms with Crippen LogP contribution in [0.1, 0.15) is 46.5 Å². The molecule has 2 rings (SSSR count). The first-order valence-electron chi connectivity index (χ1n) is 7.95. The molecule has 0 radical (unpaired) electrons. The van der Waals surface area contributed by atoms with Gasteiger partial charge in [0, 0.05) is 24.5 Å². The second kappa shape index (κ2) is 6.60. The van der Waals surface area contributed by atoms with E-state index in [1.165, 1.54) is 25.7 Å². The molecule has 2 unspecified atom stereocenters. The van der Waals surface area contributed by atoms with Gasteiger partial charge in [-0.3, -0.25) is 4.79 Å². The number of hydrogen-bond acceptors (Lipinski definition) is 4. The summed E-state index contributed by atoms with van der Waals surface area (Å²) in [6, 6.07) is 0. The van der Waals surface area contributed by atoms with Crippen LogP contribution >= 0.6 is 0 Å². The van der Waals surface area contributed by atoms with Crippen molar-refractivity contribution < 1.29 is 0 Å². The first-order valence-corrected chi connectivity index (χ1v) is 7.95. The number of aromatic nitrogens is 2. The van der Waals surface area contributed by atoms with E-state index >= 15 is 0 Å². The average molecular weight is 292 g/mol. The smallest absolute Gasteiger partial charge is 0.293 e. The molecule has 1 aliphatic carbocycles. The Hall–Kier alpha value is -1.36. The third-order valence-electron chi connectivity index (χ3n) is 4.46. The van der Waals surface area contributed by atoms with Crippen molar-refractivity contribution >= 4 is 5.82 Å². The molecule has 0 saturated heterocycles. The van der Waals surface area contributed by atoms with Crippen LogP contribution in [-0.4, -0.2) is 22.6 Å². The fraction of sp³-hybridized carbons (Fsp3) is 0.750. The lowest BCUT2D eigenvalue weighted by molar-refractivity contribution is 0.255. The fourth-order valence-electron chi connectivity index (χ4n) is 3.15. The highest BCUT2D eigenvalue weighted by atomic mass is 16.1. The van der Waals surface area contributed by atoms with Crippen molar-refractivity contribution in [3.05, 3.63) is 22.7 Å². The Morgan fingerprint density at radius 1 is 1.33 bits per heavy atom. The van der Waals surface area contributed by atoms with E-state index in [9.17, 15) is 4.79 Å². The van der Waals surface area contributed by atoms with Crippen LogP contribution in [0.25, 0.3) is 0 Å². The normalized spacial score (nSPS) is 23.0. The van der Waals surface area contributed by atoms with Gasteiger partial charge in [-0.2, -0.15) is 0 Å². The van der Waals surface area contributed by atoms with Gasteiger partial charge < -0.3 is 15.6 Å². The summed E-state index contributed by atoms with van der Waals surface area (Å²) in [6.07, 6.45) is 8.37. The lowest BCUT2D eigenvalue weighted by atomic mass is 9.79. The number of nitrogens with two attached hydrogens (primary N) is 1. The minimum Gasteiger partial charge on any atom is -0.365 e. The van der Waals surface area contributed by atoms with Crippen molar-refractivity contribution in [1.82, 2.24) is 9.55 Å². The van der Waals surface area contributed by atoms with Crippen LogP contribution in [0.15, 0.2) is 17.2 Å². The number of rotatable bonds is 4. The summed E-state index contributed by atoms with van der Waals surface area (Å²) < 4.78 is 1.73. The van der Waals surface area contributed by atoms with Gasteiger partial charge in [-0.15, -0.1) is 0 Å². The summed E-state index contributed by atoms with van der Waals surface area (Å²) in [5.41, 5.74) is 5.58. The van der Waals surface area contributed by atoms with Gasteiger partial charge >= 0.3 is 0 Å². The van der Waals surface area contributed by atoms with Crippen molar-refractivity contribution in [2.45, 2.75) is 52.0 Å². The summed E-state index contributed by atoms with van der Waals surface area (Å²) in [4.78, 5) is 16.7. The predicted molar refractivity (Wildman–Crippen MR) is 86.5 cm³/mol. The Balaban J connectivity index is 2.08. The molecular weight excluding hydrogens is 264 g/mol. The molecule has 1 aliphatic rings. The van der Waals surface area contributed by atoms with Crippen molar-refractivity contribution in [3.63, 3.8) is 0 Å². The molecule has 1 heterocycles. The monoisotopic (exact) mass is 292 g/mol. The molecule has 0 amide bonds. The Morgan fingerprint density at radius 3 is 2.62 bits per heavy atom. The van der Waals surface area contributed by atoms with Crippen molar-refractivity contribution in [3.8, 4) is 0 Å². The molecular formula is C16H28N4O. The number of nitrogens with one attached hydrogen (secondary N) is 1. The number of hydrogen-bond donors (Lipinski definition) is 2. The SMILES string of the molecule is CC(C)(C)n1ccnc(NCC2CCCCC2CN)c1=O. The predicted octanol–water partition coefficient (Wildman–Crippen LogP) is 2.18. The van der Waals surface area contributed by atoms with Crippen molar-refractivity contribution in [1.29, 1.82) is 0 Å². The molecule has 1 aromatic rings. The second-order valence-corrected chi connectivity index (χ2v) is 7.04. The van der Waals surface area contributed by atoms with Crippen LogP contribution in [-0.2, 0) is 5.54 Å². The summed E-state index contributed by atoms with van der Waals surface area (Å²) in [5, 5.41) is 3.26. The van der Waals surface area contributed by atoms with Gasteiger partial charge in [0.1, 0.15) is 0 Å². The van der Waals surface area contributed by atoms with E-state index in [0.29, 0.717) is 17.7 Å². The third-order valence-corrected chi connectivity index (χ3v) is 4.46. The Morgan fingerprint density at radius 2 is 2.00 bits per heavy atom. The van der Waals surface area contributed by atoms with Crippen LogP contribution in [0.4, 0.5) is 5.82 Å². The highest BCUT2D eigenvalue weighted by molar-refractivity contribution is 5.31. The molecule has 0 spiro atoms. The van der Waals surface area contributed by atoms with Gasteiger partial charge in [0.05, 0.1) is 0 Å². The maximum Gasteiger partial charge on any atom is 0.293 e. The zero-order valence-corrected chi connectivity index (χ0v) is 13.4. The molecule has 5 nitrogen and oxygen atoms in total. The van der Waals surface area contributed by atoms with Gasteiger partial charge in [0.25, 0.3) is 5.56 Å². The fourth-order valence-corrected chi connectivity index (χ4v) is 3.15. The summed E-state index contributed by atoms with van der Waals surface area (Å²) in [6.45, 7) is 7.58. The van der Waals surface area contributed by atoms with E-state index in [0.717, 1.165) is 13.1 Å². The summed E-state index contributed by atoms with van der Waals surface area (Å²) in [7, 11) is 0. The Bertz CT molecular complexity index is 518. The molecule has 118 valence electrons. The maximum absolute atomic E-state index is 12.5. The van der Waals surface area contributed by atoms with Crippen LogP contribution in [0.5, 0.6) is 0 Å². The summed E-state index contributed by atoms with van der Waals surface area (Å²) in [5.74, 6) is 1.57. The maximum atomic E-state index is 12.5. The van der Waals surface area contributed by atoms with Crippen LogP contribution in [0.2, 0.25) is 0 Å². The quantitative estimate of drug-likeness (QED) is 0.892. The van der Waals surface area contributed by atoms with E-state index in [4.69, 9.17) is 5.73 Å². The molecule has 1 aromatic heterocycles. The zero-order chi connectivity index (χ0) is 15.5. The van der Waals surface area contributed by atoms with E-state index in [2.05, 4.69) is 10.3 Å². The van der Waals surface area contributed by atoms with E-state index < -0.39 is 0 Å². The second-order valence-electron chi connectivity index (χ2n) is 7.04. The van der Waals surface area contributed by atoms with Gasteiger partial charge in [-0.25, -0.2) is 4.98 Å². The van der Waals surface area contributed by atoms with Crippen molar-refractivity contribution in [2.75, 3.05) is 18.4 Å². The van der Waals surface area contributed by atoms with Crippen LogP contribution < -0.4 is 16.6 Å². The molecule has 3 N–H and O–H groups in total. The Kier molecular flexibility index (Phi) is 5.04. The standard InChI is InChI=1S/C16H28N4O/c1-16(2,3)20-9-8-18-14(15(20)21)19-11-13-7-5-4-6-12(13)10-17/h8-9,12-13H,4-7,10-11,17H2,1-3H3,(H,18,19). The molecule has 0 bridgehead atoms. The first kappa shape index (κ1) is 16.0. The number of anilines is 1. The minimum absolute atomic E-state index is 0.0508. The number of nitrogens with zero attached hydrogens (tertiary/aromatic N) is 2. The first-order chi connectivity index (χ1) is 9.93. The summed E-state index contributed by atoms with van der Waals surface area (Å²) >= 11 is 0. The van der Waals surface area contributed by atoms with E-state index in [1.54, 1.807) is 17.0 Å². The van der Waals surface area contributed by atoms with Gasteiger partial charge in [0.2, 0.25) is 0 Å². The lowest BCUT2D eigenvalue weighted by Crippen LogP contribution is -2.37. The van der Waals surface area contributed by atoms with Gasteiger partial charge in [-0.1, -0.05) is 12.8 Å². The molecule has 0 aliphatic heterocycles. The highest BCUT2D eigenvalue weighted by Gasteiger charge is 2.24. The molecule has 1 saturated carbocycles. The lowest BCUT2D eigenvalue weighted by Gasteiger charge is -2.31. The molecule has 21 heavy (non-hydrogen) atoms. The Labute approximate surface area is 127 Å². The van der Waals surface area contributed by atoms with Crippen LogP contribution in [0, 0.1) is 11.8 Å². The minimum atomic E-state index is -0.235. The van der Waals surface area contributed by atoms with E-state index in [-0.39, 0.29) is 11.1 Å².